The van der Waals surface area contributed by atoms with Crippen molar-refractivity contribution in [1.29, 1.82) is 0 Å². The number of nitrogen functional groups attached to an aromatic ring is 1. The second-order valence-electron chi connectivity index (χ2n) is 6.60. The maximum Gasteiger partial charge on any atom is 0.232 e. The molecule has 152 valence electrons. The van der Waals surface area contributed by atoms with Crippen molar-refractivity contribution in [3.63, 3.8) is 0 Å². The summed E-state index contributed by atoms with van der Waals surface area (Å²) >= 11 is 1.51. The Morgan fingerprint density at radius 3 is 2.72 bits per heavy atom. The zero-order valence-corrected chi connectivity index (χ0v) is 17.2. The number of morpholine rings is 1. The van der Waals surface area contributed by atoms with Crippen molar-refractivity contribution in [1.82, 2.24) is 29.7 Å². The molecule has 0 atom stereocenters. The molecule has 10 nitrogen and oxygen atoms in total. The molecule has 3 aromatic rings. The van der Waals surface area contributed by atoms with Gasteiger partial charge in [0.1, 0.15) is 5.82 Å². The van der Waals surface area contributed by atoms with Crippen molar-refractivity contribution in [3.05, 3.63) is 35.7 Å². The molecule has 1 aromatic carbocycles. The standard InChI is InChI=1S/C18H23N9OS/c1-12-5-3-4-6-13(12)20-16-22-14(21-15(19)23-16)11-29-18-25-24-17(26(18)2)27-7-9-28-10-8-27/h3-6H,7-11H2,1-2H3,(H3,19,20,21,22,23). The Labute approximate surface area is 172 Å². The lowest BCUT2D eigenvalue weighted by molar-refractivity contribution is 0.121. The van der Waals surface area contributed by atoms with Crippen LogP contribution in [0.3, 0.4) is 0 Å². The van der Waals surface area contributed by atoms with Gasteiger partial charge in [-0.3, -0.25) is 4.57 Å². The highest BCUT2D eigenvalue weighted by Crippen LogP contribution is 2.24. The van der Waals surface area contributed by atoms with E-state index in [4.69, 9.17) is 10.5 Å². The fourth-order valence-corrected chi connectivity index (χ4v) is 3.75. The average Bonchev–Trinajstić information content (AvgIpc) is 3.09. The first-order chi connectivity index (χ1) is 14.1. The van der Waals surface area contributed by atoms with Crippen molar-refractivity contribution in [2.45, 2.75) is 17.8 Å². The molecule has 3 N–H and O–H groups in total. The van der Waals surface area contributed by atoms with Gasteiger partial charge in [0.2, 0.25) is 17.8 Å². The molecule has 0 spiro atoms. The number of aromatic nitrogens is 6. The van der Waals surface area contributed by atoms with Crippen molar-refractivity contribution in [2.24, 2.45) is 7.05 Å². The summed E-state index contributed by atoms with van der Waals surface area (Å²) in [7, 11) is 1.96. The van der Waals surface area contributed by atoms with Crippen LogP contribution < -0.4 is 16.0 Å². The first-order valence-corrected chi connectivity index (χ1v) is 10.3. The number of hydrogen-bond acceptors (Lipinski definition) is 10. The van der Waals surface area contributed by atoms with Gasteiger partial charge >= 0.3 is 0 Å². The van der Waals surface area contributed by atoms with Crippen molar-refractivity contribution < 1.29 is 4.74 Å². The second kappa shape index (κ2) is 8.62. The number of aryl methyl sites for hydroxylation is 1. The van der Waals surface area contributed by atoms with Crippen LogP contribution in [0.15, 0.2) is 29.4 Å². The predicted molar refractivity (Wildman–Crippen MR) is 112 cm³/mol. The number of rotatable bonds is 6. The van der Waals surface area contributed by atoms with E-state index in [0.29, 0.717) is 30.7 Å². The first-order valence-electron chi connectivity index (χ1n) is 9.28. The zero-order chi connectivity index (χ0) is 20.2. The molecule has 4 rings (SSSR count). The molecule has 0 bridgehead atoms. The summed E-state index contributed by atoms with van der Waals surface area (Å²) in [6.07, 6.45) is 0. The molecule has 29 heavy (non-hydrogen) atoms. The van der Waals surface area contributed by atoms with Gasteiger partial charge in [0.05, 0.1) is 19.0 Å². The molecular weight excluding hydrogens is 390 g/mol. The molecule has 3 heterocycles. The molecule has 11 heteroatoms. The largest absolute Gasteiger partial charge is 0.378 e. The summed E-state index contributed by atoms with van der Waals surface area (Å²) in [5, 5.41) is 12.6. The molecule has 0 amide bonds. The van der Waals surface area contributed by atoms with E-state index in [1.54, 1.807) is 0 Å². The molecular formula is C18H23N9OS. The summed E-state index contributed by atoms with van der Waals surface area (Å²) in [4.78, 5) is 15.1. The van der Waals surface area contributed by atoms with E-state index in [2.05, 4.69) is 35.4 Å². The number of nitrogens with two attached hydrogens (primary N) is 1. The van der Waals surface area contributed by atoms with Gasteiger partial charge in [-0.2, -0.15) is 15.0 Å². The van der Waals surface area contributed by atoms with Gasteiger partial charge in [-0.25, -0.2) is 0 Å². The summed E-state index contributed by atoms with van der Waals surface area (Å²) in [5.41, 5.74) is 7.91. The highest BCUT2D eigenvalue weighted by molar-refractivity contribution is 7.98. The fraction of sp³-hybridized carbons (Fsp3) is 0.389. The van der Waals surface area contributed by atoms with Crippen LogP contribution in [0, 0.1) is 6.92 Å². The number of ether oxygens (including phenoxy) is 1. The third kappa shape index (κ3) is 4.57. The van der Waals surface area contributed by atoms with Gasteiger partial charge in [-0.05, 0) is 18.6 Å². The van der Waals surface area contributed by atoms with Crippen molar-refractivity contribution in [3.8, 4) is 0 Å². The monoisotopic (exact) mass is 413 g/mol. The zero-order valence-electron chi connectivity index (χ0n) is 16.4. The van der Waals surface area contributed by atoms with Crippen LogP contribution in [-0.4, -0.2) is 56.0 Å². The summed E-state index contributed by atoms with van der Waals surface area (Å²) < 4.78 is 7.38. The number of thioether (sulfide) groups is 1. The van der Waals surface area contributed by atoms with Crippen LogP contribution in [0.2, 0.25) is 0 Å². The predicted octanol–water partition coefficient (Wildman–Crippen LogP) is 1.76. The van der Waals surface area contributed by atoms with Gasteiger partial charge in [0, 0.05) is 25.8 Å². The third-order valence-electron chi connectivity index (χ3n) is 4.53. The number of anilines is 4. The summed E-state index contributed by atoms with van der Waals surface area (Å²) in [5.74, 6) is 2.53. The van der Waals surface area contributed by atoms with Crippen molar-refractivity contribution >= 4 is 35.3 Å². The Bertz CT molecular complexity index is 987. The highest BCUT2D eigenvalue weighted by Gasteiger charge is 2.19. The molecule has 0 aliphatic carbocycles. The topological polar surface area (TPSA) is 120 Å². The lowest BCUT2D eigenvalue weighted by Gasteiger charge is -2.27. The van der Waals surface area contributed by atoms with Gasteiger partial charge in [0.15, 0.2) is 5.16 Å². The fourth-order valence-electron chi connectivity index (χ4n) is 2.99. The van der Waals surface area contributed by atoms with E-state index in [0.717, 1.165) is 35.4 Å². The van der Waals surface area contributed by atoms with E-state index in [-0.39, 0.29) is 5.95 Å². The molecule has 2 aromatic heterocycles. The van der Waals surface area contributed by atoms with Crippen LogP contribution in [0.25, 0.3) is 0 Å². The van der Waals surface area contributed by atoms with E-state index in [9.17, 15) is 0 Å². The Morgan fingerprint density at radius 1 is 1.14 bits per heavy atom. The van der Waals surface area contributed by atoms with Gasteiger partial charge in [-0.1, -0.05) is 30.0 Å². The molecule has 0 radical (unpaired) electrons. The third-order valence-corrected chi connectivity index (χ3v) is 5.54. The van der Waals surface area contributed by atoms with E-state index < -0.39 is 0 Å². The van der Waals surface area contributed by atoms with Gasteiger partial charge in [0.25, 0.3) is 0 Å². The minimum Gasteiger partial charge on any atom is -0.378 e. The lowest BCUT2D eigenvalue weighted by atomic mass is 10.2. The SMILES string of the molecule is Cc1ccccc1Nc1nc(N)nc(CSc2nnc(N3CCOCC3)n2C)n1. The number of nitrogens with one attached hydrogen (secondary N) is 1. The summed E-state index contributed by atoms with van der Waals surface area (Å²) in [6, 6.07) is 7.92. The molecule has 1 aliphatic rings. The van der Waals surface area contributed by atoms with Crippen LogP contribution in [0.4, 0.5) is 23.5 Å². The van der Waals surface area contributed by atoms with Crippen LogP contribution in [0.5, 0.6) is 0 Å². The Morgan fingerprint density at radius 2 is 1.93 bits per heavy atom. The minimum absolute atomic E-state index is 0.179. The van der Waals surface area contributed by atoms with E-state index >= 15 is 0 Å². The Balaban J connectivity index is 1.45. The Kier molecular flexibility index (Phi) is 5.76. The number of benzene rings is 1. The number of para-hydroxylation sites is 1. The smallest absolute Gasteiger partial charge is 0.232 e. The molecule has 1 fully saturated rings. The highest BCUT2D eigenvalue weighted by atomic mass is 32.2. The normalized spacial score (nSPS) is 14.2. The minimum atomic E-state index is 0.179. The first kappa shape index (κ1) is 19.4. The van der Waals surface area contributed by atoms with Gasteiger partial charge < -0.3 is 20.7 Å². The van der Waals surface area contributed by atoms with Crippen LogP contribution >= 0.6 is 11.8 Å². The molecule has 0 unspecified atom stereocenters. The van der Waals surface area contributed by atoms with E-state index in [1.807, 2.05) is 42.8 Å². The van der Waals surface area contributed by atoms with Gasteiger partial charge in [-0.15, -0.1) is 10.2 Å². The Hall–Kier alpha value is -2.92. The number of hydrogen-bond donors (Lipinski definition) is 2. The van der Waals surface area contributed by atoms with E-state index in [1.165, 1.54) is 11.8 Å². The second-order valence-corrected chi connectivity index (χ2v) is 7.55. The molecule has 1 saturated heterocycles. The lowest BCUT2D eigenvalue weighted by Crippen LogP contribution is -2.37. The number of nitrogens with zero attached hydrogens (tertiary/aromatic N) is 7. The molecule has 1 aliphatic heterocycles. The van der Waals surface area contributed by atoms with Crippen molar-refractivity contribution in [2.75, 3.05) is 42.3 Å². The average molecular weight is 414 g/mol. The maximum absolute atomic E-state index is 5.89. The van der Waals surface area contributed by atoms with Crippen LogP contribution in [-0.2, 0) is 17.5 Å². The summed E-state index contributed by atoms with van der Waals surface area (Å²) in [6.45, 7) is 5.05. The maximum atomic E-state index is 5.89. The van der Waals surface area contributed by atoms with Crippen LogP contribution in [0.1, 0.15) is 11.4 Å². The molecule has 0 saturated carbocycles. The quantitative estimate of drug-likeness (QED) is 0.578.